The van der Waals surface area contributed by atoms with Crippen LogP contribution in [0.5, 0.6) is 0 Å². The zero-order chi connectivity index (χ0) is 5.91. The fraction of sp³-hybridized carbons (Fsp3) is 1.00. The number of rotatable bonds is 1. The van der Waals surface area contributed by atoms with Crippen LogP contribution in [0.15, 0.2) is 0 Å². The summed E-state index contributed by atoms with van der Waals surface area (Å²) in [5, 5.41) is 0. The molecule has 0 aliphatic heterocycles. The Labute approximate surface area is 41.0 Å². The Morgan fingerprint density at radius 3 is 1.86 bits per heavy atom. The van der Waals surface area contributed by atoms with Gasteiger partial charge in [-0.1, -0.05) is 0 Å². The average molecular weight is 134 g/mol. The predicted octanol–water partition coefficient (Wildman–Crippen LogP) is 0.383. The molecule has 0 aliphatic rings. The van der Waals surface area contributed by atoms with Gasteiger partial charge in [-0.25, -0.2) is 4.21 Å². The summed E-state index contributed by atoms with van der Waals surface area (Å²) in [6.45, 7) is 0. The Hall–Kier alpha value is -0.100. The molecule has 0 atom stereocenters. The highest BCUT2D eigenvalue weighted by Gasteiger charge is 2.28. The standard InChI is InChI=1S/CHF3O2S/c2-1(3,4)6-7-5/h7H. The molecule has 0 fully saturated rings. The number of alkyl halides is 3. The zero-order valence-electron chi connectivity index (χ0n) is 2.90. The molecule has 2 nitrogen and oxygen atoms in total. The lowest BCUT2D eigenvalue weighted by atomic mass is 11.4. The molecule has 0 radical (unpaired) electrons. The van der Waals surface area contributed by atoms with E-state index in [1.165, 1.54) is 0 Å². The van der Waals surface area contributed by atoms with Gasteiger partial charge in [-0.15, -0.1) is 13.2 Å². The smallest absolute Gasteiger partial charge is 0.233 e. The Morgan fingerprint density at radius 1 is 1.43 bits per heavy atom. The van der Waals surface area contributed by atoms with Crippen molar-refractivity contribution in [1.29, 1.82) is 0 Å². The van der Waals surface area contributed by atoms with E-state index >= 15 is 0 Å². The Kier molecular flexibility index (Phi) is 2.24. The molecule has 0 unspecified atom stereocenters. The maximum Gasteiger partial charge on any atom is 0.535 e. The van der Waals surface area contributed by atoms with Crippen LogP contribution >= 0.6 is 0 Å². The summed E-state index contributed by atoms with van der Waals surface area (Å²) in [6.07, 6.45) is -4.77. The quantitative estimate of drug-likeness (QED) is 0.525. The molecule has 44 valence electrons. The van der Waals surface area contributed by atoms with Crippen LogP contribution in [0, 0.1) is 0 Å². The lowest BCUT2D eigenvalue weighted by Crippen LogP contribution is -2.08. The van der Waals surface area contributed by atoms with Gasteiger partial charge in [0, 0.05) is 0 Å². The van der Waals surface area contributed by atoms with Gasteiger partial charge in [-0.3, -0.25) is 0 Å². The van der Waals surface area contributed by atoms with E-state index in [0.717, 1.165) is 0 Å². The van der Waals surface area contributed by atoms with Crippen molar-refractivity contribution >= 4 is 11.9 Å². The molecular weight excluding hydrogens is 133 g/mol. The van der Waals surface area contributed by atoms with E-state index in [1.807, 2.05) is 0 Å². The predicted molar refractivity (Wildman–Crippen MR) is 16.7 cm³/mol. The van der Waals surface area contributed by atoms with Gasteiger partial charge in [-0.05, 0) is 0 Å². The highest BCUT2D eigenvalue weighted by molar-refractivity contribution is 7.60. The van der Waals surface area contributed by atoms with Crippen molar-refractivity contribution in [3.05, 3.63) is 0 Å². The normalized spacial score (nSPS) is 11.9. The van der Waals surface area contributed by atoms with E-state index < -0.39 is 18.3 Å². The first-order chi connectivity index (χ1) is 3.06. The van der Waals surface area contributed by atoms with Crippen LogP contribution < -0.4 is 0 Å². The minimum atomic E-state index is -4.77. The van der Waals surface area contributed by atoms with Crippen molar-refractivity contribution in [2.75, 3.05) is 0 Å². The molecule has 0 saturated carbocycles. The lowest BCUT2D eigenvalue weighted by Gasteiger charge is -1.95. The van der Waals surface area contributed by atoms with Crippen LogP contribution in [0.25, 0.3) is 0 Å². The molecule has 7 heavy (non-hydrogen) atoms. The first-order valence-electron chi connectivity index (χ1n) is 1.14. The van der Waals surface area contributed by atoms with Gasteiger partial charge in [0.2, 0.25) is 0 Å². The van der Waals surface area contributed by atoms with Gasteiger partial charge in [0.1, 0.15) is 11.9 Å². The molecule has 0 aromatic carbocycles. The van der Waals surface area contributed by atoms with Crippen molar-refractivity contribution in [3.63, 3.8) is 0 Å². The van der Waals surface area contributed by atoms with Gasteiger partial charge in [0.05, 0.1) is 0 Å². The van der Waals surface area contributed by atoms with E-state index in [1.54, 1.807) is 0 Å². The van der Waals surface area contributed by atoms with E-state index in [2.05, 4.69) is 4.18 Å². The summed E-state index contributed by atoms with van der Waals surface area (Å²) in [6, 6.07) is 0. The van der Waals surface area contributed by atoms with E-state index in [-0.39, 0.29) is 0 Å². The van der Waals surface area contributed by atoms with Gasteiger partial charge in [0.15, 0.2) is 0 Å². The first-order valence-corrected chi connectivity index (χ1v) is 1.87. The van der Waals surface area contributed by atoms with Crippen molar-refractivity contribution < 1.29 is 21.6 Å². The number of thiol groups is 1. The number of hydrogen-bond acceptors (Lipinski definition) is 2. The molecule has 0 saturated heterocycles. The second-order valence-electron chi connectivity index (χ2n) is 0.612. The SMILES string of the molecule is O=[SH]OC(F)(F)F. The maximum atomic E-state index is 10.6. The molecule has 0 aliphatic carbocycles. The highest BCUT2D eigenvalue weighted by atomic mass is 32.2. The van der Waals surface area contributed by atoms with Crippen molar-refractivity contribution in [1.82, 2.24) is 0 Å². The molecule has 0 heterocycles. The van der Waals surface area contributed by atoms with Crippen LogP contribution in [0.4, 0.5) is 13.2 Å². The third-order valence-corrected chi connectivity index (χ3v) is 0.422. The first kappa shape index (κ1) is 6.90. The summed E-state index contributed by atoms with van der Waals surface area (Å²) >= 11 is -1.37. The summed E-state index contributed by atoms with van der Waals surface area (Å²) in [5.41, 5.74) is 0. The lowest BCUT2D eigenvalue weighted by molar-refractivity contribution is -0.268. The van der Waals surface area contributed by atoms with Crippen LogP contribution in [-0.4, -0.2) is 10.6 Å². The molecular formula is CHF3O2S. The van der Waals surface area contributed by atoms with Crippen molar-refractivity contribution in [2.45, 2.75) is 6.36 Å². The summed E-state index contributed by atoms with van der Waals surface area (Å²) in [4.78, 5) is 0. The molecule has 0 bridgehead atoms. The Morgan fingerprint density at radius 2 is 1.86 bits per heavy atom. The number of hydrogen-bond donors (Lipinski definition) is 1. The van der Waals surface area contributed by atoms with Crippen molar-refractivity contribution in [3.8, 4) is 0 Å². The minimum Gasteiger partial charge on any atom is -0.233 e. The van der Waals surface area contributed by atoms with E-state index in [4.69, 9.17) is 4.21 Å². The summed E-state index contributed by atoms with van der Waals surface area (Å²) in [5.74, 6) is 0. The Bertz CT molecular complexity index is 67.8. The average Bonchev–Trinajstić information content (AvgIpc) is 1.30. The second kappa shape index (κ2) is 2.27. The summed E-state index contributed by atoms with van der Waals surface area (Å²) < 4.78 is 43.5. The Balaban J connectivity index is 3.34. The van der Waals surface area contributed by atoms with Crippen LogP contribution in [-0.2, 0) is 16.1 Å². The fourth-order valence-corrected chi connectivity index (χ4v) is 0.127. The molecule has 0 N–H and O–H groups in total. The third-order valence-electron chi connectivity index (χ3n) is 0.141. The highest BCUT2D eigenvalue weighted by Crippen LogP contribution is 2.14. The molecule has 6 heteroatoms. The fourth-order valence-electron chi connectivity index (χ4n) is 0.0423. The molecule has 0 amide bonds. The van der Waals surface area contributed by atoms with Gasteiger partial charge >= 0.3 is 6.36 Å². The molecule has 0 rings (SSSR count). The van der Waals surface area contributed by atoms with Crippen molar-refractivity contribution in [2.24, 2.45) is 0 Å². The second-order valence-corrected chi connectivity index (χ2v) is 0.943. The van der Waals surface area contributed by atoms with Crippen LogP contribution in [0.3, 0.4) is 0 Å². The number of halogens is 3. The largest absolute Gasteiger partial charge is 0.535 e. The monoisotopic (exact) mass is 134 g/mol. The zero-order valence-corrected chi connectivity index (χ0v) is 3.79. The summed E-state index contributed by atoms with van der Waals surface area (Å²) in [7, 11) is 0. The molecule has 0 aromatic rings. The third kappa shape index (κ3) is 5.90. The molecule has 0 spiro atoms. The van der Waals surface area contributed by atoms with Gasteiger partial charge in [0.25, 0.3) is 0 Å². The van der Waals surface area contributed by atoms with Gasteiger partial charge < -0.3 is 0 Å². The van der Waals surface area contributed by atoms with Crippen LogP contribution in [0.2, 0.25) is 0 Å². The molecule has 0 aromatic heterocycles. The van der Waals surface area contributed by atoms with E-state index in [0.29, 0.717) is 0 Å². The van der Waals surface area contributed by atoms with Crippen LogP contribution in [0.1, 0.15) is 0 Å². The minimum absolute atomic E-state index is 1.37. The maximum absolute atomic E-state index is 10.6. The van der Waals surface area contributed by atoms with E-state index in [9.17, 15) is 13.2 Å². The topological polar surface area (TPSA) is 26.3 Å². The van der Waals surface area contributed by atoms with Gasteiger partial charge in [-0.2, -0.15) is 4.18 Å².